The number of aromatic nitrogens is 2. The summed E-state index contributed by atoms with van der Waals surface area (Å²) in [6.45, 7) is 6.00. The van der Waals surface area contributed by atoms with Crippen molar-refractivity contribution < 1.29 is 8.42 Å². The summed E-state index contributed by atoms with van der Waals surface area (Å²) >= 11 is 0. The molecule has 2 aromatic rings. The molecule has 4 rings (SSSR count). The van der Waals surface area contributed by atoms with Crippen molar-refractivity contribution in [2.45, 2.75) is 32.7 Å². The molecular formula is C17H23N5O2S. The van der Waals surface area contributed by atoms with Gasteiger partial charge in [-0.15, -0.1) is 0 Å². The average molecular weight is 361 g/mol. The van der Waals surface area contributed by atoms with Crippen molar-refractivity contribution in [2.75, 3.05) is 25.0 Å². The molecule has 25 heavy (non-hydrogen) atoms. The first kappa shape index (κ1) is 16.7. The van der Waals surface area contributed by atoms with Crippen molar-refractivity contribution in [1.29, 1.82) is 0 Å². The number of aryl methyl sites for hydroxylation is 2. The van der Waals surface area contributed by atoms with Gasteiger partial charge in [-0.25, -0.2) is 15.1 Å². The van der Waals surface area contributed by atoms with Crippen LogP contribution in [0.25, 0.3) is 10.9 Å². The number of fused-ring (bicyclic) bond motifs is 1. The second kappa shape index (κ2) is 5.36. The zero-order valence-corrected chi connectivity index (χ0v) is 15.5. The van der Waals surface area contributed by atoms with E-state index in [0.29, 0.717) is 0 Å². The molecule has 0 bridgehead atoms. The van der Waals surface area contributed by atoms with Gasteiger partial charge in [0.25, 0.3) is 10.2 Å². The van der Waals surface area contributed by atoms with E-state index in [1.807, 2.05) is 0 Å². The molecule has 1 saturated carbocycles. The van der Waals surface area contributed by atoms with Crippen LogP contribution in [0.15, 0.2) is 18.5 Å². The lowest BCUT2D eigenvalue weighted by atomic mass is 9.60. The van der Waals surface area contributed by atoms with E-state index in [1.165, 1.54) is 15.4 Å². The third kappa shape index (κ3) is 2.68. The highest BCUT2D eigenvalue weighted by atomic mass is 32.2. The zero-order valence-electron chi connectivity index (χ0n) is 14.7. The van der Waals surface area contributed by atoms with Gasteiger partial charge in [-0.05, 0) is 49.9 Å². The van der Waals surface area contributed by atoms with E-state index >= 15 is 0 Å². The Bertz CT molecular complexity index is 945. The smallest absolute Gasteiger partial charge is 0.276 e. The lowest BCUT2D eigenvalue weighted by Crippen LogP contribution is -2.67. The summed E-state index contributed by atoms with van der Waals surface area (Å²) in [5.41, 5.74) is 3.62. The second-order valence-corrected chi connectivity index (χ2v) is 9.24. The molecule has 134 valence electrons. The standard InChI is InChI=1S/C17H23N5O2S/c1-11-4-14-15(5-12(11)2)19-10-20-16(14)22-8-17(9-22)6-13(7-17)21(3)25(18,23)24/h4-5,10,13H,6-9H2,1-3H3,(H2,18,23,24). The van der Waals surface area contributed by atoms with Crippen molar-refractivity contribution in [3.63, 3.8) is 0 Å². The zero-order chi connectivity index (χ0) is 18.0. The number of nitrogens with two attached hydrogens (primary N) is 1. The van der Waals surface area contributed by atoms with Crippen LogP contribution in [0.5, 0.6) is 0 Å². The molecule has 0 unspecified atom stereocenters. The summed E-state index contributed by atoms with van der Waals surface area (Å²) in [4.78, 5) is 11.2. The van der Waals surface area contributed by atoms with Crippen LogP contribution in [0, 0.1) is 19.3 Å². The van der Waals surface area contributed by atoms with Crippen molar-refractivity contribution in [3.05, 3.63) is 29.6 Å². The minimum Gasteiger partial charge on any atom is -0.355 e. The minimum atomic E-state index is -3.60. The largest absolute Gasteiger partial charge is 0.355 e. The van der Waals surface area contributed by atoms with E-state index < -0.39 is 10.2 Å². The molecular weight excluding hydrogens is 338 g/mol. The van der Waals surface area contributed by atoms with Gasteiger partial charge in [-0.3, -0.25) is 0 Å². The Hall–Kier alpha value is -1.77. The molecule has 0 amide bonds. The Kier molecular flexibility index (Phi) is 3.58. The molecule has 2 aliphatic rings. The molecule has 1 aromatic carbocycles. The summed E-state index contributed by atoms with van der Waals surface area (Å²) in [7, 11) is -2.04. The Labute approximate surface area is 148 Å². The number of nitrogens with zero attached hydrogens (tertiary/aromatic N) is 4. The summed E-state index contributed by atoms with van der Waals surface area (Å²) in [5.74, 6) is 0.974. The van der Waals surface area contributed by atoms with Crippen molar-refractivity contribution in [3.8, 4) is 0 Å². The molecule has 1 aliphatic carbocycles. The summed E-state index contributed by atoms with van der Waals surface area (Å²) in [6.07, 6.45) is 3.34. The maximum absolute atomic E-state index is 11.5. The highest BCUT2D eigenvalue weighted by Crippen LogP contribution is 2.51. The SMILES string of the molecule is Cc1cc2ncnc(N3CC4(CC(N(C)S(N)(=O)=O)C4)C3)c2cc1C. The number of rotatable bonds is 3. The van der Waals surface area contributed by atoms with Crippen LogP contribution in [0.2, 0.25) is 0 Å². The summed E-state index contributed by atoms with van der Waals surface area (Å²) in [5, 5.41) is 6.30. The Morgan fingerprint density at radius 1 is 1.20 bits per heavy atom. The van der Waals surface area contributed by atoms with Crippen LogP contribution in [0.1, 0.15) is 24.0 Å². The van der Waals surface area contributed by atoms with Crippen LogP contribution in [0.4, 0.5) is 5.82 Å². The van der Waals surface area contributed by atoms with E-state index in [2.05, 4.69) is 40.8 Å². The Morgan fingerprint density at radius 3 is 2.48 bits per heavy atom. The predicted octanol–water partition coefficient (Wildman–Crippen LogP) is 1.35. The summed E-state index contributed by atoms with van der Waals surface area (Å²) < 4.78 is 24.2. The van der Waals surface area contributed by atoms with Crippen LogP contribution in [0.3, 0.4) is 0 Å². The van der Waals surface area contributed by atoms with Crippen molar-refractivity contribution in [2.24, 2.45) is 10.6 Å². The van der Waals surface area contributed by atoms with Gasteiger partial charge in [-0.2, -0.15) is 12.7 Å². The third-order valence-electron chi connectivity index (χ3n) is 5.83. The molecule has 0 radical (unpaired) electrons. The van der Waals surface area contributed by atoms with E-state index in [-0.39, 0.29) is 11.5 Å². The second-order valence-electron chi connectivity index (χ2n) is 7.63. The van der Waals surface area contributed by atoms with E-state index in [0.717, 1.165) is 42.7 Å². The fraction of sp³-hybridized carbons (Fsp3) is 0.529. The highest BCUT2D eigenvalue weighted by molar-refractivity contribution is 7.86. The van der Waals surface area contributed by atoms with Crippen molar-refractivity contribution >= 4 is 26.9 Å². The van der Waals surface area contributed by atoms with Crippen molar-refractivity contribution in [1.82, 2.24) is 14.3 Å². The fourth-order valence-electron chi connectivity index (χ4n) is 4.13. The molecule has 1 aromatic heterocycles. The molecule has 8 heteroatoms. The maximum atomic E-state index is 11.5. The van der Waals surface area contributed by atoms with Gasteiger partial charge >= 0.3 is 0 Å². The Morgan fingerprint density at radius 2 is 1.84 bits per heavy atom. The average Bonchev–Trinajstić information content (AvgIpc) is 2.44. The van der Waals surface area contributed by atoms with Gasteiger partial charge in [-0.1, -0.05) is 0 Å². The molecule has 2 fully saturated rings. The van der Waals surface area contributed by atoms with Gasteiger partial charge in [0.05, 0.1) is 5.52 Å². The van der Waals surface area contributed by atoms with Crippen LogP contribution in [-0.4, -0.2) is 48.9 Å². The first-order chi connectivity index (χ1) is 11.7. The number of hydrogen-bond acceptors (Lipinski definition) is 5. The minimum absolute atomic E-state index is 0.0178. The normalized spacial score (nSPS) is 20.1. The molecule has 1 saturated heterocycles. The fourth-order valence-corrected chi connectivity index (χ4v) is 4.69. The Balaban J connectivity index is 1.51. The lowest BCUT2D eigenvalue weighted by Gasteiger charge is -2.60. The summed E-state index contributed by atoms with van der Waals surface area (Å²) in [6, 6.07) is 4.28. The van der Waals surface area contributed by atoms with Gasteiger partial charge in [0.15, 0.2) is 0 Å². The van der Waals surface area contributed by atoms with E-state index in [4.69, 9.17) is 5.14 Å². The number of anilines is 1. The molecule has 2 N–H and O–H groups in total. The van der Waals surface area contributed by atoms with Gasteiger partial charge in [0.2, 0.25) is 0 Å². The predicted molar refractivity (Wildman–Crippen MR) is 97.6 cm³/mol. The third-order valence-corrected chi connectivity index (χ3v) is 6.94. The molecule has 7 nitrogen and oxygen atoms in total. The molecule has 1 spiro atoms. The topological polar surface area (TPSA) is 92.4 Å². The van der Waals surface area contributed by atoms with Crippen LogP contribution in [-0.2, 0) is 10.2 Å². The molecule has 1 aliphatic heterocycles. The van der Waals surface area contributed by atoms with Gasteiger partial charge < -0.3 is 4.90 Å². The van der Waals surface area contributed by atoms with E-state index in [9.17, 15) is 8.42 Å². The first-order valence-electron chi connectivity index (χ1n) is 8.41. The highest BCUT2D eigenvalue weighted by Gasteiger charge is 2.55. The van der Waals surface area contributed by atoms with Crippen LogP contribution >= 0.6 is 0 Å². The molecule has 2 heterocycles. The lowest BCUT2D eigenvalue weighted by molar-refractivity contribution is 0.0207. The maximum Gasteiger partial charge on any atom is 0.276 e. The molecule has 0 atom stereocenters. The number of hydrogen-bond donors (Lipinski definition) is 1. The first-order valence-corrected chi connectivity index (χ1v) is 9.92. The quantitative estimate of drug-likeness (QED) is 0.891. The van der Waals surface area contributed by atoms with Crippen LogP contribution < -0.4 is 10.0 Å². The van der Waals surface area contributed by atoms with Gasteiger partial charge in [0.1, 0.15) is 12.1 Å². The van der Waals surface area contributed by atoms with E-state index in [1.54, 1.807) is 13.4 Å². The number of benzene rings is 1. The monoisotopic (exact) mass is 361 g/mol. The van der Waals surface area contributed by atoms with Gasteiger partial charge in [0, 0.05) is 37.0 Å².